The molecule has 0 unspecified atom stereocenters. The monoisotopic (exact) mass is 212 g/mol. The summed E-state index contributed by atoms with van der Waals surface area (Å²) in [7, 11) is 0. The summed E-state index contributed by atoms with van der Waals surface area (Å²) < 4.78 is 5.26. The van der Waals surface area contributed by atoms with Crippen LogP contribution in [0.3, 0.4) is 0 Å². The molecule has 0 aromatic rings. The molecular weight excluding hydrogens is 192 g/mol. The Morgan fingerprint density at radius 3 is 2.53 bits per heavy atom. The lowest BCUT2D eigenvalue weighted by atomic mass is 9.68. The number of hydrogen-bond donors (Lipinski definition) is 2. The standard InChI is InChI=1S/C11H20N2O2/c12-8-11(4-1-5-11)10(14)13-9-2-6-15-7-3-9/h9H,1-8,12H2,(H,13,14). The maximum Gasteiger partial charge on any atom is 0.227 e. The van der Waals surface area contributed by atoms with Crippen molar-refractivity contribution in [3.05, 3.63) is 0 Å². The van der Waals surface area contributed by atoms with Gasteiger partial charge in [-0.25, -0.2) is 0 Å². The van der Waals surface area contributed by atoms with Crippen LogP contribution in [-0.4, -0.2) is 31.7 Å². The minimum atomic E-state index is -0.238. The van der Waals surface area contributed by atoms with E-state index in [-0.39, 0.29) is 11.3 Å². The predicted octanol–water partition coefficient (Wildman–Crippen LogP) is 0.411. The lowest BCUT2D eigenvalue weighted by Crippen LogP contribution is -2.53. The van der Waals surface area contributed by atoms with Crippen LogP contribution >= 0.6 is 0 Å². The van der Waals surface area contributed by atoms with Gasteiger partial charge >= 0.3 is 0 Å². The van der Waals surface area contributed by atoms with E-state index in [9.17, 15) is 4.79 Å². The van der Waals surface area contributed by atoms with Crippen LogP contribution in [0.15, 0.2) is 0 Å². The van der Waals surface area contributed by atoms with Crippen LogP contribution in [0.1, 0.15) is 32.1 Å². The zero-order valence-electron chi connectivity index (χ0n) is 9.13. The summed E-state index contributed by atoms with van der Waals surface area (Å²) in [5.74, 6) is 0.170. The fraction of sp³-hybridized carbons (Fsp3) is 0.909. The Hall–Kier alpha value is -0.610. The zero-order valence-corrected chi connectivity index (χ0v) is 9.13. The van der Waals surface area contributed by atoms with Gasteiger partial charge < -0.3 is 15.8 Å². The van der Waals surface area contributed by atoms with Crippen molar-refractivity contribution in [3.8, 4) is 0 Å². The molecule has 86 valence electrons. The Morgan fingerprint density at radius 2 is 2.07 bits per heavy atom. The molecule has 15 heavy (non-hydrogen) atoms. The molecule has 0 bridgehead atoms. The first-order valence-corrected chi connectivity index (χ1v) is 5.86. The smallest absolute Gasteiger partial charge is 0.227 e. The second-order valence-corrected chi connectivity index (χ2v) is 4.70. The molecule has 0 aromatic heterocycles. The maximum atomic E-state index is 12.0. The topological polar surface area (TPSA) is 64.4 Å². The molecule has 2 rings (SSSR count). The lowest BCUT2D eigenvalue weighted by molar-refractivity contribution is -0.136. The zero-order chi connectivity index (χ0) is 10.7. The van der Waals surface area contributed by atoms with Gasteiger partial charge in [0.05, 0.1) is 5.41 Å². The number of ether oxygens (including phenoxy) is 1. The van der Waals surface area contributed by atoms with Gasteiger partial charge in [0, 0.05) is 25.8 Å². The number of rotatable bonds is 3. The number of nitrogens with two attached hydrogens (primary N) is 1. The van der Waals surface area contributed by atoms with Crippen LogP contribution in [-0.2, 0) is 9.53 Å². The third-order valence-corrected chi connectivity index (χ3v) is 3.74. The quantitative estimate of drug-likeness (QED) is 0.712. The van der Waals surface area contributed by atoms with E-state index >= 15 is 0 Å². The molecule has 0 atom stereocenters. The number of hydrogen-bond acceptors (Lipinski definition) is 3. The first-order chi connectivity index (χ1) is 7.27. The van der Waals surface area contributed by atoms with Crippen molar-refractivity contribution in [2.45, 2.75) is 38.1 Å². The highest BCUT2D eigenvalue weighted by molar-refractivity contribution is 5.84. The minimum Gasteiger partial charge on any atom is -0.381 e. The van der Waals surface area contributed by atoms with Crippen molar-refractivity contribution < 1.29 is 9.53 Å². The highest BCUT2D eigenvalue weighted by atomic mass is 16.5. The fourth-order valence-corrected chi connectivity index (χ4v) is 2.31. The van der Waals surface area contributed by atoms with Crippen molar-refractivity contribution in [1.82, 2.24) is 5.32 Å². The SMILES string of the molecule is NCC1(C(=O)NC2CCOCC2)CCC1. The average molecular weight is 212 g/mol. The van der Waals surface area contributed by atoms with Crippen LogP contribution < -0.4 is 11.1 Å². The Balaban J connectivity index is 1.85. The van der Waals surface area contributed by atoms with Crippen LogP contribution in [0.4, 0.5) is 0 Å². The first-order valence-electron chi connectivity index (χ1n) is 5.86. The normalized spacial score (nSPS) is 25.7. The summed E-state index contributed by atoms with van der Waals surface area (Å²) in [5, 5.41) is 3.11. The summed E-state index contributed by atoms with van der Waals surface area (Å²) in [6, 6.07) is 0.301. The third-order valence-electron chi connectivity index (χ3n) is 3.74. The first kappa shape index (κ1) is 10.9. The van der Waals surface area contributed by atoms with Crippen molar-refractivity contribution in [2.75, 3.05) is 19.8 Å². The molecule has 0 radical (unpaired) electrons. The molecule has 1 amide bonds. The molecule has 0 aromatic carbocycles. The summed E-state index contributed by atoms with van der Waals surface area (Å²) in [6.45, 7) is 2.02. The van der Waals surface area contributed by atoms with Crippen molar-refractivity contribution in [3.63, 3.8) is 0 Å². The van der Waals surface area contributed by atoms with E-state index in [1.165, 1.54) is 0 Å². The van der Waals surface area contributed by atoms with Gasteiger partial charge in [0.15, 0.2) is 0 Å². The summed E-state index contributed by atoms with van der Waals surface area (Å²) in [4.78, 5) is 12.0. The van der Waals surface area contributed by atoms with Crippen LogP contribution in [0.5, 0.6) is 0 Å². The van der Waals surface area contributed by atoms with Gasteiger partial charge in [-0.1, -0.05) is 6.42 Å². The van der Waals surface area contributed by atoms with Gasteiger partial charge in [-0.05, 0) is 25.7 Å². The molecule has 2 aliphatic rings. The van der Waals surface area contributed by atoms with E-state index < -0.39 is 0 Å². The van der Waals surface area contributed by atoms with Crippen LogP contribution in [0, 0.1) is 5.41 Å². The molecule has 1 saturated carbocycles. The molecule has 1 heterocycles. The fourth-order valence-electron chi connectivity index (χ4n) is 2.31. The van der Waals surface area contributed by atoms with Crippen molar-refractivity contribution >= 4 is 5.91 Å². The molecule has 4 heteroatoms. The van der Waals surface area contributed by atoms with E-state index in [0.29, 0.717) is 12.6 Å². The summed E-state index contributed by atoms with van der Waals surface area (Å²) in [6.07, 6.45) is 4.92. The predicted molar refractivity (Wildman–Crippen MR) is 57.3 cm³/mol. The van der Waals surface area contributed by atoms with E-state index in [4.69, 9.17) is 10.5 Å². The molecule has 2 fully saturated rings. The van der Waals surface area contributed by atoms with Gasteiger partial charge in [-0.15, -0.1) is 0 Å². The van der Waals surface area contributed by atoms with Gasteiger partial charge in [-0.3, -0.25) is 4.79 Å². The Morgan fingerprint density at radius 1 is 1.40 bits per heavy atom. The maximum absolute atomic E-state index is 12.0. The van der Waals surface area contributed by atoms with Crippen molar-refractivity contribution in [1.29, 1.82) is 0 Å². The van der Waals surface area contributed by atoms with Gasteiger partial charge in [-0.2, -0.15) is 0 Å². The molecule has 1 aliphatic heterocycles. The van der Waals surface area contributed by atoms with E-state index in [1.807, 2.05) is 0 Å². The molecule has 4 nitrogen and oxygen atoms in total. The Bertz CT molecular complexity index is 227. The number of carbonyl (C=O) groups excluding carboxylic acids is 1. The second-order valence-electron chi connectivity index (χ2n) is 4.70. The van der Waals surface area contributed by atoms with E-state index in [2.05, 4.69) is 5.32 Å². The Kier molecular flexibility index (Phi) is 3.26. The number of nitrogens with one attached hydrogen (secondary N) is 1. The highest BCUT2D eigenvalue weighted by Gasteiger charge is 2.43. The number of carbonyl (C=O) groups is 1. The third kappa shape index (κ3) is 2.16. The van der Waals surface area contributed by atoms with Gasteiger partial charge in [0.1, 0.15) is 0 Å². The molecule has 3 N–H and O–H groups in total. The summed E-state index contributed by atoms with van der Waals surface area (Å²) >= 11 is 0. The lowest BCUT2D eigenvalue weighted by Gasteiger charge is -2.40. The average Bonchev–Trinajstić information content (AvgIpc) is 2.18. The molecule has 1 aliphatic carbocycles. The van der Waals surface area contributed by atoms with Crippen LogP contribution in [0.2, 0.25) is 0 Å². The Labute approximate surface area is 90.5 Å². The van der Waals surface area contributed by atoms with Crippen LogP contribution in [0.25, 0.3) is 0 Å². The highest BCUT2D eigenvalue weighted by Crippen LogP contribution is 2.40. The molecular formula is C11H20N2O2. The van der Waals surface area contributed by atoms with E-state index in [0.717, 1.165) is 45.3 Å². The largest absolute Gasteiger partial charge is 0.381 e. The minimum absolute atomic E-state index is 0.170. The number of amides is 1. The molecule has 1 saturated heterocycles. The van der Waals surface area contributed by atoms with Gasteiger partial charge in [0.25, 0.3) is 0 Å². The van der Waals surface area contributed by atoms with E-state index in [1.54, 1.807) is 0 Å². The van der Waals surface area contributed by atoms with Crippen molar-refractivity contribution in [2.24, 2.45) is 11.1 Å². The molecule has 0 spiro atoms. The second kappa shape index (κ2) is 4.49. The summed E-state index contributed by atoms with van der Waals surface area (Å²) in [5.41, 5.74) is 5.45. The van der Waals surface area contributed by atoms with Gasteiger partial charge in [0.2, 0.25) is 5.91 Å².